The van der Waals surface area contributed by atoms with Gasteiger partial charge in [-0.3, -0.25) is 4.79 Å². The van der Waals surface area contributed by atoms with Gasteiger partial charge < -0.3 is 10.0 Å². The molecule has 17 heavy (non-hydrogen) atoms. The summed E-state index contributed by atoms with van der Waals surface area (Å²) < 4.78 is 0. The molecule has 1 aromatic rings. The van der Waals surface area contributed by atoms with Gasteiger partial charge in [-0.05, 0) is 42.9 Å². The smallest absolute Gasteiger partial charge is 0.226 e. The van der Waals surface area contributed by atoms with E-state index in [4.69, 9.17) is 0 Å². The summed E-state index contributed by atoms with van der Waals surface area (Å²) in [4.78, 5) is 14.1. The Balaban J connectivity index is 1.65. The van der Waals surface area contributed by atoms with Crippen molar-refractivity contribution in [2.24, 2.45) is 5.92 Å². The van der Waals surface area contributed by atoms with Crippen molar-refractivity contribution in [1.82, 2.24) is 4.90 Å². The third-order valence-electron chi connectivity index (χ3n) is 3.85. The van der Waals surface area contributed by atoms with Crippen LogP contribution in [0.4, 0.5) is 0 Å². The minimum absolute atomic E-state index is 0.192. The Morgan fingerprint density at radius 1 is 1.18 bits per heavy atom. The number of hydrogen-bond donors (Lipinski definition) is 1. The van der Waals surface area contributed by atoms with Crippen molar-refractivity contribution in [3.05, 3.63) is 29.8 Å². The predicted octanol–water partition coefficient (Wildman–Crippen LogP) is 2.12. The molecule has 0 bridgehead atoms. The van der Waals surface area contributed by atoms with Crippen LogP contribution < -0.4 is 0 Å². The van der Waals surface area contributed by atoms with E-state index in [-0.39, 0.29) is 11.7 Å². The molecule has 2 aliphatic rings. The fourth-order valence-electron chi connectivity index (χ4n) is 2.73. The van der Waals surface area contributed by atoms with Crippen molar-refractivity contribution in [3.8, 4) is 5.75 Å². The molecular weight excluding hydrogens is 214 g/mol. The second kappa shape index (κ2) is 4.06. The number of nitrogens with zero attached hydrogens (tertiary/aromatic N) is 1. The Hall–Kier alpha value is -1.51. The van der Waals surface area contributed by atoms with Crippen LogP contribution in [0.5, 0.6) is 5.75 Å². The van der Waals surface area contributed by atoms with Crippen LogP contribution in [0, 0.1) is 5.92 Å². The Morgan fingerprint density at radius 2 is 1.82 bits per heavy atom. The van der Waals surface area contributed by atoms with Crippen LogP contribution in [-0.2, 0) is 4.79 Å². The first-order chi connectivity index (χ1) is 8.25. The average molecular weight is 231 g/mol. The SMILES string of the molecule is O=C(C1CC1c1ccc(O)cc1)N1CCCC1. The van der Waals surface area contributed by atoms with Crippen LogP contribution in [0.3, 0.4) is 0 Å². The normalized spacial score (nSPS) is 27.2. The van der Waals surface area contributed by atoms with Crippen LogP contribution >= 0.6 is 0 Å². The van der Waals surface area contributed by atoms with Crippen molar-refractivity contribution >= 4 is 5.91 Å². The van der Waals surface area contributed by atoms with E-state index in [0.29, 0.717) is 11.8 Å². The molecule has 1 saturated heterocycles. The van der Waals surface area contributed by atoms with Crippen molar-refractivity contribution in [1.29, 1.82) is 0 Å². The minimum Gasteiger partial charge on any atom is -0.508 e. The molecule has 2 fully saturated rings. The summed E-state index contributed by atoms with van der Waals surface area (Å²) in [5.41, 5.74) is 1.18. The van der Waals surface area contributed by atoms with Gasteiger partial charge in [0.05, 0.1) is 0 Å². The molecular formula is C14H17NO2. The maximum atomic E-state index is 12.1. The Kier molecular flexibility index (Phi) is 2.54. The van der Waals surface area contributed by atoms with E-state index in [1.165, 1.54) is 5.56 Å². The molecule has 3 rings (SSSR count). The van der Waals surface area contributed by atoms with E-state index in [9.17, 15) is 9.90 Å². The lowest BCUT2D eigenvalue weighted by atomic mass is 10.1. The molecule has 2 unspecified atom stereocenters. The van der Waals surface area contributed by atoms with Crippen LogP contribution in [0.1, 0.15) is 30.7 Å². The van der Waals surface area contributed by atoms with E-state index < -0.39 is 0 Å². The van der Waals surface area contributed by atoms with Crippen molar-refractivity contribution < 1.29 is 9.90 Å². The quantitative estimate of drug-likeness (QED) is 0.847. The zero-order valence-corrected chi connectivity index (χ0v) is 9.80. The van der Waals surface area contributed by atoms with E-state index in [1.54, 1.807) is 12.1 Å². The lowest BCUT2D eigenvalue weighted by Crippen LogP contribution is -2.29. The van der Waals surface area contributed by atoms with Gasteiger partial charge in [0, 0.05) is 19.0 Å². The molecule has 0 radical (unpaired) electrons. The van der Waals surface area contributed by atoms with E-state index in [2.05, 4.69) is 0 Å². The molecule has 2 atom stereocenters. The first kappa shape index (κ1) is 10.6. The molecule has 1 heterocycles. The molecule has 0 aromatic heterocycles. The van der Waals surface area contributed by atoms with Gasteiger partial charge in [-0.25, -0.2) is 0 Å². The van der Waals surface area contributed by atoms with Gasteiger partial charge in [0.15, 0.2) is 0 Å². The molecule has 3 heteroatoms. The molecule has 90 valence electrons. The maximum Gasteiger partial charge on any atom is 0.226 e. The molecule has 1 aliphatic carbocycles. The van der Waals surface area contributed by atoms with Crippen LogP contribution in [0.25, 0.3) is 0 Å². The van der Waals surface area contributed by atoms with Crippen LogP contribution in [-0.4, -0.2) is 29.0 Å². The number of carbonyl (C=O) groups is 1. The standard InChI is InChI=1S/C14H17NO2/c16-11-5-3-10(4-6-11)12-9-13(12)14(17)15-7-1-2-8-15/h3-6,12-13,16H,1-2,7-9H2. The van der Waals surface area contributed by atoms with E-state index in [1.807, 2.05) is 17.0 Å². The van der Waals surface area contributed by atoms with Crippen LogP contribution in [0.2, 0.25) is 0 Å². The number of amides is 1. The Labute approximate surface area is 101 Å². The molecule has 1 N–H and O–H groups in total. The number of likely N-dealkylation sites (tertiary alicyclic amines) is 1. The fraction of sp³-hybridized carbons (Fsp3) is 0.500. The number of carbonyl (C=O) groups excluding carboxylic acids is 1. The molecule has 1 aromatic carbocycles. The highest BCUT2D eigenvalue weighted by molar-refractivity contribution is 5.83. The van der Waals surface area contributed by atoms with E-state index in [0.717, 1.165) is 32.4 Å². The topological polar surface area (TPSA) is 40.5 Å². The van der Waals surface area contributed by atoms with Gasteiger partial charge in [-0.2, -0.15) is 0 Å². The van der Waals surface area contributed by atoms with Crippen molar-refractivity contribution in [2.45, 2.75) is 25.2 Å². The van der Waals surface area contributed by atoms with Crippen molar-refractivity contribution in [3.63, 3.8) is 0 Å². The van der Waals surface area contributed by atoms with Gasteiger partial charge >= 0.3 is 0 Å². The van der Waals surface area contributed by atoms with Crippen LogP contribution in [0.15, 0.2) is 24.3 Å². The maximum absolute atomic E-state index is 12.1. The summed E-state index contributed by atoms with van der Waals surface area (Å²) in [6, 6.07) is 7.25. The third-order valence-corrected chi connectivity index (χ3v) is 3.85. The number of rotatable bonds is 2. The zero-order valence-electron chi connectivity index (χ0n) is 9.80. The number of hydrogen-bond acceptors (Lipinski definition) is 2. The summed E-state index contributed by atoms with van der Waals surface area (Å²) >= 11 is 0. The van der Waals surface area contributed by atoms with E-state index >= 15 is 0 Å². The Morgan fingerprint density at radius 3 is 2.47 bits per heavy atom. The molecule has 3 nitrogen and oxygen atoms in total. The Bertz CT molecular complexity index is 420. The highest BCUT2D eigenvalue weighted by Crippen LogP contribution is 2.48. The number of aromatic hydroxyl groups is 1. The summed E-state index contributed by atoms with van der Waals surface area (Å²) in [7, 11) is 0. The summed E-state index contributed by atoms with van der Waals surface area (Å²) in [6.07, 6.45) is 3.28. The van der Waals surface area contributed by atoms with Gasteiger partial charge in [-0.1, -0.05) is 12.1 Å². The third kappa shape index (κ3) is 2.02. The lowest BCUT2D eigenvalue weighted by molar-refractivity contribution is -0.131. The van der Waals surface area contributed by atoms with Gasteiger partial charge in [0.2, 0.25) is 5.91 Å². The monoisotopic (exact) mass is 231 g/mol. The number of phenolic OH excluding ortho intramolecular Hbond substituents is 1. The molecule has 1 amide bonds. The predicted molar refractivity (Wildman–Crippen MR) is 64.8 cm³/mol. The zero-order chi connectivity index (χ0) is 11.8. The highest BCUT2D eigenvalue weighted by atomic mass is 16.3. The second-order valence-corrected chi connectivity index (χ2v) is 5.07. The summed E-state index contributed by atoms with van der Waals surface area (Å²) in [6.45, 7) is 1.88. The van der Waals surface area contributed by atoms with Gasteiger partial charge in [-0.15, -0.1) is 0 Å². The highest BCUT2D eigenvalue weighted by Gasteiger charge is 2.45. The molecule has 1 saturated carbocycles. The minimum atomic E-state index is 0.192. The summed E-state index contributed by atoms with van der Waals surface area (Å²) in [5, 5.41) is 9.23. The molecule has 1 aliphatic heterocycles. The van der Waals surface area contributed by atoms with Gasteiger partial charge in [0.1, 0.15) is 5.75 Å². The first-order valence-corrected chi connectivity index (χ1v) is 6.33. The number of phenols is 1. The summed E-state index contributed by atoms with van der Waals surface area (Å²) in [5.74, 6) is 1.19. The second-order valence-electron chi connectivity index (χ2n) is 5.07. The fourth-order valence-corrected chi connectivity index (χ4v) is 2.73. The first-order valence-electron chi connectivity index (χ1n) is 6.33. The lowest BCUT2D eigenvalue weighted by Gasteiger charge is -2.14. The molecule has 0 spiro atoms. The number of benzene rings is 1. The largest absolute Gasteiger partial charge is 0.508 e. The van der Waals surface area contributed by atoms with Crippen molar-refractivity contribution in [2.75, 3.05) is 13.1 Å². The van der Waals surface area contributed by atoms with Gasteiger partial charge in [0.25, 0.3) is 0 Å². The average Bonchev–Trinajstić information content (AvgIpc) is 2.94.